The number of nitrogens with two attached hydrogens (primary N) is 2. The number of nitrogens with zero attached hydrogens (tertiary/aromatic N) is 5. The second-order valence-electron chi connectivity index (χ2n) is 8.46. The number of thioether (sulfide) groups is 2. The number of aliphatic hydroxyl groups is 1. The average molecular weight is 609 g/mol. The Hall–Kier alpha value is -3.54. The van der Waals surface area contributed by atoms with Gasteiger partial charge < -0.3 is 36.7 Å². The zero-order chi connectivity index (χ0) is 28.8. The van der Waals surface area contributed by atoms with Crippen LogP contribution in [0.5, 0.6) is 0 Å². The Balaban J connectivity index is 1.48. The lowest BCUT2D eigenvalue weighted by Crippen LogP contribution is -2.71. The first-order chi connectivity index (χ1) is 19.3. The van der Waals surface area contributed by atoms with Gasteiger partial charge in [0.2, 0.25) is 11.5 Å². The Labute approximate surface area is 242 Å². The van der Waals surface area contributed by atoms with Crippen molar-refractivity contribution in [2.24, 2.45) is 10.9 Å². The molecule has 0 saturated carbocycles. The number of nitrogens with one attached hydrogen (secondary N) is 1. The van der Waals surface area contributed by atoms with E-state index >= 15 is 0 Å². The second-order valence-corrected chi connectivity index (χ2v) is 11.2. The highest BCUT2D eigenvalue weighted by molar-refractivity contribution is 8.05. The highest BCUT2D eigenvalue weighted by Gasteiger charge is 2.54. The molecule has 2 atom stereocenters. The summed E-state index contributed by atoms with van der Waals surface area (Å²) in [6, 6.07) is -0.984. The minimum atomic E-state index is -1.26. The first-order valence-electron chi connectivity index (χ1n) is 12.2. The Bertz CT molecular complexity index is 1320. The maximum Gasteiger partial charge on any atom is 0.352 e. The SMILES string of the molecule is CCON=C(C(=O)NC1C(=O)N2C(C(=O)O)=C(C=CSC3=C(O)C=CCN3CCCN)CS[C@@H]12)c1nsc(N)n1. The fraction of sp³-hybridized carbons (Fsp3) is 0.391. The van der Waals surface area contributed by atoms with E-state index in [1.165, 1.54) is 23.5 Å². The second kappa shape index (κ2) is 13.2. The number of carbonyl (C=O) groups is 3. The number of carbonyl (C=O) groups excluding carboxylic acids is 2. The number of amides is 2. The normalized spacial score (nSPS) is 21.1. The van der Waals surface area contributed by atoms with Gasteiger partial charge >= 0.3 is 5.97 Å². The van der Waals surface area contributed by atoms with Crippen molar-refractivity contribution in [3.8, 4) is 0 Å². The fourth-order valence-electron chi connectivity index (χ4n) is 4.02. The molecule has 2 amide bonds. The van der Waals surface area contributed by atoms with Crippen LogP contribution in [0.2, 0.25) is 0 Å². The van der Waals surface area contributed by atoms with E-state index < -0.39 is 29.2 Å². The van der Waals surface area contributed by atoms with Gasteiger partial charge in [-0.1, -0.05) is 23.0 Å². The van der Waals surface area contributed by atoms with E-state index in [2.05, 4.69) is 19.8 Å². The van der Waals surface area contributed by atoms with Crippen LogP contribution >= 0.6 is 35.1 Å². The number of hydrogen-bond acceptors (Lipinski definition) is 14. The summed E-state index contributed by atoms with van der Waals surface area (Å²) in [6.45, 7) is 3.68. The van der Waals surface area contributed by atoms with E-state index in [-0.39, 0.29) is 40.5 Å². The molecule has 1 fully saturated rings. The van der Waals surface area contributed by atoms with Crippen LogP contribution in [0.1, 0.15) is 19.2 Å². The molecule has 0 aliphatic carbocycles. The number of oxime groups is 1. The Kier molecular flexibility index (Phi) is 9.72. The summed E-state index contributed by atoms with van der Waals surface area (Å²) >= 11 is 3.44. The summed E-state index contributed by atoms with van der Waals surface area (Å²) in [6.07, 6.45) is 5.85. The molecule has 1 unspecified atom stereocenters. The van der Waals surface area contributed by atoms with Crippen LogP contribution in [0.25, 0.3) is 0 Å². The van der Waals surface area contributed by atoms with Crippen LogP contribution in [0, 0.1) is 0 Å². The minimum Gasteiger partial charge on any atom is -0.505 e. The molecule has 1 saturated heterocycles. The van der Waals surface area contributed by atoms with E-state index in [9.17, 15) is 24.6 Å². The van der Waals surface area contributed by atoms with Crippen molar-refractivity contribution in [2.75, 3.05) is 37.7 Å². The number of carboxylic acid groups (broad SMARTS) is 1. The third kappa shape index (κ3) is 6.27. The molecule has 0 spiro atoms. The van der Waals surface area contributed by atoms with E-state index in [0.29, 0.717) is 30.2 Å². The number of nitrogen functional groups attached to an aromatic ring is 1. The molecule has 214 valence electrons. The molecule has 1 aromatic heterocycles. The lowest BCUT2D eigenvalue weighted by atomic mass is 10.0. The predicted molar refractivity (Wildman–Crippen MR) is 153 cm³/mol. The van der Waals surface area contributed by atoms with E-state index in [1.807, 2.05) is 11.0 Å². The summed E-state index contributed by atoms with van der Waals surface area (Å²) in [7, 11) is 0. The number of β-lactam (4-membered cyclic amide) rings is 1. The number of carboxylic acids is 1. The van der Waals surface area contributed by atoms with Gasteiger partial charge in [0.1, 0.15) is 34.5 Å². The molecule has 4 heterocycles. The van der Waals surface area contributed by atoms with Crippen LogP contribution in [0.4, 0.5) is 5.13 Å². The Morgan fingerprint density at radius 1 is 1.43 bits per heavy atom. The van der Waals surface area contributed by atoms with Gasteiger partial charge in [-0.25, -0.2) is 4.79 Å². The number of rotatable bonds is 12. The van der Waals surface area contributed by atoms with Crippen molar-refractivity contribution in [2.45, 2.75) is 24.8 Å². The summed E-state index contributed by atoms with van der Waals surface area (Å²) in [5.41, 5.74) is 11.3. The van der Waals surface area contributed by atoms with Gasteiger partial charge in [0.15, 0.2) is 5.13 Å². The first kappa shape index (κ1) is 29.4. The number of hydrogen-bond donors (Lipinski definition) is 5. The van der Waals surface area contributed by atoms with Crippen LogP contribution in [0.3, 0.4) is 0 Å². The van der Waals surface area contributed by atoms with E-state index in [4.69, 9.17) is 16.3 Å². The molecule has 0 radical (unpaired) electrons. The molecule has 4 rings (SSSR count). The molecule has 1 aromatic rings. The molecule has 17 heteroatoms. The lowest BCUT2D eigenvalue weighted by molar-refractivity contribution is -0.150. The molecule has 0 aromatic carbocycles. The fourth-order valence-corrected chi connectivity index (χ4v) is 6.64. The largest absolute Gasteiger partial charge is 0.505 e. The van der Waals surface area contributed by atoms with Gasteiger partial charge in [-0.15, -0.1) is 11.8 Å². The number of aliphatic carboxylic acids is 1. The van der Waals surface area contributed by atoms with Crippen molar-refractivity contribution >= 4 is 63.7 Å². The van der Waals surface area contributed by atoms with Crippen LogP contribution in [0.15, 0.2) is 50.9 Å². The third-order valence-corrected chi connectivity index (χ3v) is 8.64. The maximum absolute atomic E-state index is 13.1. The highest BCUT2D eigenvalue weighted by Crippen LogP contribution is 2.41. The van der Waals surface area contributed by atoms with E-state index in [0.717, 1.165) is 22.9 Å². The molecule has 3 aliphatic rings. The topological polar surface area (TPSA) is 210 Å². The maximum atomic E-state index is 13.1. The average Bonchev–Trinajstić information content (AvgIpc) is 3.36. The van der Waals surface area contributed by atoms with Gasteiger partial charge in [-0.2, -0.15) is 9.36 Å². The summed E-state index contributed by atoms with van der Waals surface area (Å²) in [5, 5.41) is 28.5. The third-order valence-electron chi connectivity index (χ3n) is 5.83. The zero-order valence-electron chi connectivity index (χ0n) is 21.3. The first-order valence-corrected chi connectivity index (χ1v) is 14.9. The van der Waals surface area contributed by atoms with Gasteiger partial charge in [-0.05, 0) is 43.0 Å². The number of anilines is 1. The Morgan fingerprint density at radius 2 is 2.23 bits per heavy atom. The van der Waals surface area contributed by atoms with Gasteiger partial charge in [0.25, 0.3) is 11.8 Å². The highest BCUT2D eigenvalue weighted by atomic mass is 32.2. The minimum absolute atomic E-state index is 0.0411. The van der Waals surface area contributed by atoms with Crippen LogP contribution in [-0.2, 0) is 19.2 Å². The summed E-state index contributed by atoms with van der Waals surface area (Å²) in [4.78, 5) is 50.3. The molecule has 40 heavy (non-hydrogen) atoms. The number of aliphatic hydroxyl groups excluding tert-OH is 1. The molecular weight excluding hydrogens is 581 g/mol. The molecular formula is C23H28N8O6S3. The molecule has 7 N–H and O–H groups in total. The predicted octanol–water partition coefficient (Wildman–Crippen LogP) is 0.794. The smallest absolute Gasteiger partial charge is 0.352 e. The number of allylic oxidation sites excluding steroid dienone is 2. The number of aromatic nitrogens is 2. The van der Waals surface area contributed by atoms with Crippen molar-refractivity contribution in [1.29, 1.82) is 0 Å². The van der Waals surface area contributed by atoms with Crippen molar-refractivity contribution in [3.63, 3.8) is 0 Å². The van der Waals surface area contributed by atoms with Gasteiger partial charge in [0.05, 0.1) is 0 Å². The lowest BCUT2D eigenvalue weighted by Gasteiger charge is -2.49. The van der Waals surface area contributed by atoms with Gasteiger partial charge in [0, 0.05) is 30.4 Å². The van der Waals surface area contributed by atoms with Crippen molar-refractivity contribution < 1.29 is 29.4 Å². The molecule has 3 aliphatic heterocycles. The Morgan fingerprint density at radius 3 is 2.90 bits per heavy atom. The standard InChI is InChI=1S/C23H28N8O6S3/c1-2-37-28-14(17-27-23(25)40-29-17)18(33)26-15-19(34)31-16(22(35)36)12(11-39-21(15)31)6-10-38-20-13(32)5-3-8-30(20)9-4-7-24/h3,5-6,10,15,21,32H,2,4,7-9,11,24H2,1H3,(H,26,33)(H,35,36)(H2,25,27,29)/t15?,21-/m0/s1. The van der Waals surface area contributed by atoms with E-state index in [1.54, 1.807) is 24.5 Å². The summed E-state index contributed by atoms with van der Waals surface area (Å²) in [5.74, 6) is -2.23. The number of fused-ring (bicyclic) bond motifs is 1. The quantitative estimate of drug-likeness (QED) is 0.126. The van der Waals surface area contributed by atoms with Crippen molar-refractivity contribution in [1.82, 2.24) is 24.5 Å². The summed E-state index contributed by atoms with van der Waals surface area (Å²) < 4.78 is 3.98. The zero-order valence-corrected chi connectivity index (χ0v) is 23.8. The van der Waals surface area contributed by atoms with Crippen molar-refractivity contribution in [3.05, 3.63) is 51.5 Å². The van der Waals surface area contributed by atoms with Gasteiger partial charge in [-0.3, -0.25) is 14.5 Å². The molecule has 0 bridgehead atoms. The van der Waals surface area contributed by atoms with Crippen LogP contribution in [-0.4, -0.2) is 96.3 Å². The molecule has 14 nitrogen and oxygen atoms in total. The monoisotopic (exact) mass is 608 g/mol. The van der Waals surface area contributed by atoms with Crippen LogP contribution < -0.4 is 16.8 Å².